The van der Waals surface area contributed by atoms with E-state index in [4.69, 9.17) is 0 Å². The van der Waals surface area contributed by atoms with Crippen LogP contribution in [0.4, 0.5) is 4.39 Å². The third-order valence-electron chi connectivity index (χ3n) is 4.19. The molecule has 18 heavy (non-hydrogen) atoms. The number of benzene rings is 1. The van der Waals surface area contributed by atoms with E-state index in [0.29, 0.717) is 17.4 Å². The van der Waals surface area contributed by atoms with E-state index in [2.05, 4.69) is 18.7 Å². The van der Waals surface area contributed by atoms with E-state index < -0.39 is 0 Å². The molecule has 1 N–H and O–H groups in total. The van der Waals surface area contributed by atoms with Gasteiger partial charge in [-0.2, -0.15) is 0 Å². The maximum atomic E-state index is 13.3. The molecular weight excluding hydrogens is 229 g/mol. The number of nitrogens with zero attached hydrogens (tertiary/aromatic N) is 1. The monoisotopic (exact) mass is 251 g/mol. The average molecular weight is 251 g/mol. The van der Waals surface area contributed by atoms with Crippen molar-refractivity contribution in [3.05, 3.63) is 29.6 Å². The van der Waals surface area contributed by atoms with E-state index in [9.17, 15) is 9.50 Å². The molecule has 0 bridgehead atoms. The Morgan fingerprint density at radius 2 is 2.06 bits per heavy atom. The highest BCUT2D eigenvalue weighted by atomic mass is 19.1. The van der Waals surface area contributed by atoms with Crippen LogP contribution in [0.2, 0.25) is 0 Å². The Morgan fingerprint density at radius 3 is 2.67 bits per heavy atom. The lowest BCUT2D eigenvalue weighted by Crippen LogP contribution is -2.25. The van der Waals surface area contributed by atoms with Gasteiger partial charge in [0.25, 0.3) is 0 Å². The third kappa shape index (κ3) is 2.66. The summed E-state index contributed by atoms with van der Waals surface area (Å²) >= 11 is 0. The summed E-state index contributed by atoms with van der Waals surface area (Å²) in [5.41, 5.74) is 0.694. The molecule has 0 radical (unpaired) electrons. The summed E-state index contributed by atoms with van der Waals surface area (Å²) in [6.07, 6.45) is 1.19. The van der Waals surface area contributed by atoms with E-state index in [1.165, 1.54) is 24.6 Å². The number of hydrogen-bond donors (Lipinski definition) is 1. The van der Waals surface area contributed by atoms with Crippen LogP contribution in [0.25, 0.3) is 0 Å². The number of aromatic hydroxyl groups is 1. The molecule has 1 aliphatic rings. The Balaban J connectivity index is 2.12. The molecule has 2 unspecified atom stereocenters. The fourth-order valence-corrected chi connectivity index (χ4v) is 2.77. The first kappa shape index (κ1) is 13.3. The molecule has 0 spiro atoms. The smallest absolute Gasteiger partial charge is 0.123 e. The minimum atomic E-state index is -0.283. The second kappa shape index (κ2) is 5.27. The van der Waals surface area contributed by atoms with Gasteiger partial charge in [0.2, 0.25) is 0 Å². The van der Waals surface area contributed by atoms with Crippen LogP contribution in [-0.2, 0) is 0 Å². The van der Waals surface area contributed by atoms with Crippen LogP contribution in [0, 0.1) is 17.7 Å². The van der Waals surface area contributed by atoms with Gasteiger partial charge in [-0.1, -0.05) is 13.8 Å². The minimum absolute atomic E-state index is 0.0736. The summed E-state index contributed by atoms with van der Waals surface area (Å²) in [4.78, 5) is 2.33. The number of likely N-dealkylation sites (tertiary alicyclic amines) is 1. The molecule has 100 valence electrons. The molecule has 2 nitrogen and oxygen atoms in total. The van der Waals surface area contributed by atoms with Gasteiger partial charge in [0, 0.05) is 18.2 Å². The van der Waals surface area contributed by atoms with Crippen LogP contribution >= 0.6 is 0 Å². The normalized spacial score (nSPS) is 22.6. The largest absolute Gasteiger partial charge is 0.508 e. The predicted octanol–water partition coefficient (Wildman–Crippen LogP) is 3.57. The maximum absolute atomic E-state index is 13.3. The summed E-state index contributed by atoms with van der Waals surface area (Å²) in [5.74, 6) is 1.30. The van der Waals surface area contributed by atoms with Crippen molar-refractivity contribution in [2.45, 2.75) is 33.2 Å². The molecule has 1 aromatic carbocycles. The Bertz CT molecular complexity index is 419. The van der Waals surface area contributed by atoms with Crippen LogP contribution in [0.1, 0.15) is 38.8 Å². The van der Waals surface area contributed by atoms with Crippen molar-refractivity contribution in [3.8, 4) is 5.75 Å². The van der Waals surface area contributed by atoms with Gasteiger partial charge in [-0.3, -0.25) is 4.90 Å². The standard InChI is InChI=1S/C15H22FNO/c1-10(2)12-6-7-17(9-12)11(3)14-8-13(16)4-5-15(14)18/h4-5,8,10-12,18H,6-7,9H2,1-3H3. The van der Waals surface area contributed by atoms with E-state index in [0.717, 1.165) is 13.1 Å². The lowest BCUT2D eigenvalue weighted by atomic mass is 9.95. The second-order valence-corrected chi connectivity index (χ2v) is 5.67. The van der Waals surface area contributed by atoms with Crippen LogP contribution in [0.15, 0.2) is 18.2 Å². The van der Waals surface area contributed by atoms with Crippen LogP contribution in [-0.4, -0.2) is 23.1 Å². The Hall–Kier alpha value is -1.09. The number of phenolic OH excluding ortho intramolecular Hbond substituents is 1. The van der Waals surface area contributed by atoms with Crippen LogP contribution in [0.5, 0.6) is 5.75 Å². The zero-order valence-corrected chi connectivity index (χ0v) is 11.4. The summed E-state index contributed by atoms with van der Waals surface area (Å²) < 4.78 is 13.3. The molecule has 0 amide bonds. The first-order valence-electron chi connectivity index (χ1n) is 6.71. The van der Waals surface area contributed by atoms with E-state index in [1.54, 1.807) is 0 Å². The summed E-state index contributed by atoms with van der Waals surface area (Å²) in [6, 6.07) is 4.26. The average Bonchev–Trinajstić information content (AvgIpc) is 2.81. The topological polar surface area (TPSA) is 23.5 Å². The molecule has 0 aromatic heterocycles. The van der Waals surface area contributed by atoms with Crippen molar-refractivity contribution in [2.24, 2.45) is 11.8 Å². The van der Waals surface area contributed by atoms with Crippen molar-refractivity contribution in [1.29, 1.82) is 0 Å². The number of phenols is 1. The van der Waals surface area contributed by atoms with E-state index in [-0.39, 0.29) is 17.6 Å². The van der Waals surface area contributed by atoms with Crippen molar-refractivity contribution < 1.29 is 9.50 Å². The second-order valence-electron chi connectivity index (χ2n) is 5.67. The molecule has 1 heterocycles. The van der Waals surface area contributed by atoms with Crippen LogP contribution < -0.4 is 0 Å². The van der Waals surface area contributed by atoms with Crippen molar-refractivity contribution in [2.75, 3.05) is 13.1 Å². The molecule has 1 aliphatic heterocycles. The highest BCUT2D eigenvalue weighted by molar-refractivity contribution is 5.35. The van der Waals surface area contributed by atoms with Gasteiger partial charge >= 0.3 is 0 Å². The van der Waals surface area contributed by atoms with Gasteiger partial charge < -0.3 is 5.11 Å². The zero-order valence-electron chi connectivity index (χ0n) is 11.4. The zero-order chi connectivity index (χ0) is 13.3. The Labute approximate surface area is 108 Å². The summed E-state index contributed by atoms with van der Waals surface area (Å²) in [6.45, 7) is 8.60. The van der Waals surface area contributed by atoms with Gasteiger partial charge in [-0.25, -0.2) is 4.39 Å². The van der Waals surface area contributed by atoms with Gasteiger partial charge in [-0.05, 0) is 49.9 Å². The number of halogens is 1. The first-order valence-corrected chi connectivity index (χ1v) is 6.71. The Morgan fingerprint density at radius 1 is 1.33 bits per heavy atom. The van der Waals surface area contributed by atoms with E-state index in [1.807, 2.05) is 6.92 Å². The fourth-order valence-electron chi connectivity index (χ4n) is 2.77. The molecule has 1 aromatic rings. The lowest BCUT2D eigenvalue weighted by molar-refractivity contribution is 0.237. The molecule has 1 saturated heterocycles. The van der Waals surface area contributed by atoms with Gasteiger partial charge in [-0.15, -0.1) is 0 Å². The van der Waals surface area contributed by atoms with Gasteiger partial charge in [0.15, 0.2) is 0 Å². The number of hydrogen-bond acceptors (Lipinski definition) is 2. The lowest BCUT2D eigenvalue weighted by Gasteiger charge is -2.26. The van der Waals surface area contributed by atoms with Crippen LogP contribution in [0.3, 0.4) is 0 Å². The molecule has 1 fully saturated rings. The minimum Gasteiger partial charge on any atom is -0.508 e. The molecule has 2 rings (SSSR count). The molecule has 0 saturated carbocycles. The van der Waals surface area contributed by atoms with Crippen molar-refractivity contribution >= 4 is 0 Å². The number of rotatable bonds is 3. The van der Waals surface area contributed by atoms with Gasteiger partial charge in [0.1, 0.15) is 11.6 Å². The highest BCUT2D eigenvalue weighted by Crippen LogP contribution is 2.34. The highest BCUT2D eigenvalue weighted by Gasteiger charge is 2.29. The first-order chi connectivity index (χ1) is 8.49. The van der Waals surface area contributed by atoms with Crippen molar-refractivity contribution in [1.82, 2.24) is 4.90 Å². The maximum Gasteiger partial charge on any atom is 0.123 e. The molecule has 2 atom stereocenters. The third-order valence-corrected chi connectivity index (χ3v) is 4.19. The Kier molecular flexibility index (Phi) is 3.91. The van der Waals surface area contributed by atoms with Gasteiger partial charge in [0.05, 0.1) is 0 Å². The van der Waals surface area contributed by atoms with Crippen molar-refractivity contribution in [3.63, 3.8) is 0 Å². The SMILES string of the molecule is CC(C)C1CCN(C(C)c2cc(F)ccc2O)C1. The molecule has 3 heteroatoms. The predicted molar refractivity (Wildman–Crippen MR) is 71.0 cm³/mol. The summed E-state index contributed by atoms with van der Waals surface area (Å²) in [7, 11) is 0. The van der Waals surface area contributed by atoms with E-state index >= 15 is 0 Å². The molecule has 0 aliphatic carbocycles. The summed E-state index contributed by atoms with van der Waals surface area (Å²) in [5, 5.41) is 9.85. The fraction of sp³-hybridized carbons (Fsp3) is 0.600. The quantitative estimate of drug-likeness (QED) is 0.887. The molecular formula is C15H22FNO.